The molecule has 1 atom stereocenters. The number of hydrogen-bond acceptors (Lipinski definition) is 2. The van der Waals surface area contributed by atoms with Crippen LogP contribution in [0.2, 0.25) is 0 Å². The van der Waals surface area contributed by atoms with Crippen molar-refractivity contribution in [2.45, 2.75) is 38.8 Å². The van der Waals surface area contributed by atoms with Gasteiger partial charge in [-0.25, -0.2) is 4.79 Å². The normalized spacial score (nSPS) is 21.2. The summed E-state index contributed by atoms with van der Waals surface area (Å²) in [5.41, 5.74) is 0. The number of urea groups is 1. The topological polar surface area (TPSA) is 53.2 Å². The maximum atomic E-state index is 11.3. The van der Waals surface area contributed by atoms with Gasteiger partial charge in [-0.05, 0) is 33.2 Å². The van der Waals surface area contributed by atoms with Gasteiger partial charge in [0.05, 0.1) is 0 Å². The van der Waals surface area contributed by atoms with Crippen LogP contribution in [0.4, 0.5) is 4.79 Å². The molecule has 3 N–H and O–H groups in total. The van der Waals surface area contributed by atoms with Crippen molar-refractivity contribution in [3.05, 3.63) is 0 Å². The molecule has 0 aliphatic carbocycles. The lowest BCUT2D eigenvalue weighted by Crippen LogP contribution is -2.50. The third kappa shape index (κ3) is 5.29. The molecule has 0 spiro atoms. The predicted molar refractivity (Wildman–Crippen MR) is 59.9 cm³/mol. The Hall–Kier alpha value is -0.480. The minimum atomic E-state index is -0.0521. The zero-order valence-corrected chi connectivity index (χ0v) is 9.62. The van der Waals surface area contributed by atoms with Gasteiger partial charge >= 0.3 is 6.03 Å². The first-order chi connectivity index (χ1) is 6.18. The van der Waals surface area contributed by atoms with Crippen LogP contribution in [0.1, 0.15) is 26.7 Å². The molecule has 1 rings (SSSR count). The molecule has 0 radical (unpaired) electrons. The molecule has 84 valence electrons. The van der Waals surface area contributed by atoms with Gasteiger partial charge in [-0.2, -0.15) is 0 Å². The molecular weight excluding hydrogens is 202 g/mol. The molecule has 0 unspecified atom stereocenters. The highest BCUT2D eigenvalue weighted by atomic mass is 35.5. The van der Waals surface area contributed by atoms with Crippen molar-refractivity contribution < 1.29 is 4.79 Å². The molecule has 2 amide bonds. The van der Waals surface area contributed by atoms with Gasteiger partial charge in [0.15, 0.2) is 0 Å². The second kappa shape index (κ2) is 6.90. The van der Waals surface area contributed by atoms with E-state index in [9.17, 15) is 4.79 Å². The summed E-state index contributed by atoms with van der Waals surface area (Å²) in [7, 11) is 0. The van der Waals surface area contributed by atoms with Crippen LogP contribution in [0.5, 0.6) is 0 Å². The number of carbonyl (C=O) groups excluding carboxylic acids is 1. The lowest BCUT2D eigenvalue weighted by molar-refractivity contribution is 0.231. The molecule has 0 aromatic rings. The van der Waals surface area contributed by atoms with Crippen molar-refractivity contribution in [2.24, 2.45) is 0 Å². The molecule has 0 bridgehead atoms. The van der Waals surface area contributed by atoms with Crippen molar-refractivity contribution >= 4 is 18.4 Å². The first-order valence-corrected chi connectivity index (χ1v) is 4.96. The third-order valence-electron chi connectivity index (χ3n) is 2.05. The van der Waals surface area contributed by atoms with Crippen LogP contribution in [0, 0.1) is 0 Å². The highest BCUT2D eigenvalue weighted by Crippen LogP contribution is 2.00. The molecule has 1 aliphatic heterocycles. The van der Waals surface area contributed by atoms with E-state index in [1.54, 1.807) is 0 Å². The summed E-state index contributed by atoms with van der Waals surface area (Å²) in [6.07, 6.45) is 2.23. The van der Waals surface area contributed by atoms with Gasteiger partial charge in [-0.15, -0.1) is 12.4 Å². The number of nitrogens with one attached hydrogen (secondary N) is 3. The summed E-state index contributed by atoms with van der Waals surface area (Å²) < 4.78 is 0. The average Bonchev–Trinajstić information content (AvgIpc) is 2.04. The Kier molecular flexibility index (Phi) is 6.66. The van der Waals surface area contributed by atoms with Gasteiger partial charge in [-0.3, -0.25) is 0 Å². The maximum absolute atomic E-state index is 11.3. The molecule has 14 heavy (non-hydrogen) atoms. The van der Waals surface area contributed by atoms with Gasteiger partial charge in [0.1, 0.15) is 0 Å². The van der Waals surface area contributed by atoms with Crippen LogP contribution < -0.4 is 16.0 Å². The number of halogens is 1. The molecule has 0 aromatic heterocycles. The van der Waals surface area contributed by atoms with E-state index >= 15 is 0 Å². The predicted octanol–water partition coefficient (Wildman–Crippen LogP) is 0.868. The zero-order chi connectivity index (χ0) is 9.68. The maximum Gasteiger partial charge on any atom is 0.315 e. The van der Waals surface area contributed by atoms with Crippen LogP contribution in [0.15, 0.2) is 0 Å². The van der Waals surface area contributed by atoms with E-state index in [1.165, 1.54) is 0 Å². The van der Waals surface area contributed by atoms with Crippen molar-refractivity contribution in [1.29, 1.82) is 0 Å². The van der Waals surface area contributed by atoms with Crippen molar-refractivity contribution in [3.63, 3.8) is 0 Å². The lowest BCUT2D eigenvalue weighted by Gasteiger charge is -2.24. The van der Waals surface area contributed by atoms with Crippen LogP contribution >= 0.6 is 12.4 Å². The zero-order valence-electron chi connectivity index (χ0n) is 8.80. The van der Waals surface area contributed by atoms with E-state index in [1.807, 2.05) is 13.8 Å². The second-order valence-corrected chi connectivity index (χ2v) is 3.82. The SMILES string of the molecule is CC(C)NC(=O)N[C@H]1CCCNC1.Cl. The third-order valence-corrected chi connectivity index (χ3v) is 2.05. The molecule has 0 saturated carbocycles. The van der Waals surface area contributed by atoms with Gasteiger partial charge in [0, 0.05) is 18.6 Å². The van der Waals surface area contributed by atoms with Crippen molar-refractivity contribution in [3.8, 4) is 0 Å². The second-order valence-electron chi connectivity index (χ2n) is 3.82. The van der Waals surface area contributed by atoms with Gasteiger partial charge in [0.2, 0.25) is 0 Å². The van der Waals surface area contributed by atoms with E-state index in [0.717, 1.165) is 25.9 Å². The summed E-state index contributed by atoms with van der Waals surface area (Å²) >= 11 is 0. The van der Waals surface area contributed by atoms with E-state index < -0.39 is 0 Å². The Balaban J connectivity index is 0.00000169. The fraction of sp³-hybridized carbons (Fsp3) is 0.889. The molecular formula is C9H20ClN3O. The lowest BCUT2D eigenvalue weighted by atomic mass is 10.1. The quantitative estimate of drug-likeness (QED) is 0.648. The Bertz CT molecular complexity index is 169. The Morgan fingerprint density at radius 1 is 1.50 bits per heavy atom. The van der Waals surface area contributed by atoms with Gasteiger partial charge < -0.3 is 16.0 Å². The Morgan fingerprint density at radius 3 is 2.71 bits per heavy atom. The van der Waals surface area contributed by atoms with Crippen LogP contribution in [0.3, 0.4) is 0 Å². The molecule has 5 heteroatoms. The summed E-state index contributed by atoms with van der Waals surface area (Å²) in [4.78, 5) is 11.3. The van der Waals surface area contributed by atoms with E-state index in [0.29, 0.717) is 6.04 Å². The summed E-state index contributed by atoms with van der Waals surface area (Å²) in [5, 5.41) is 9.00. The Morgan fingerprint density at radius 2 is 2.21 bits per heavy atom. The summed E-state index contributed by atoms with van der Waals surface area (Å²) in [5.74, 6) is 0. The standard InChI is InChI=1S/C9H19N3O.ClH/c1-7(2)11-9(13)12-8-4-3-5-10-6-8;/h7-8,10H,3-6H2,1-2H3,(H2,11,12,13);1H/t8-;/m0./s1. The van der Waals surface area contributed by atoms with Crippen molar-refractivity contribution in [1.82, 2.24) is 16.0 Å². The number of amides is 2. The number of piperidine rings is 1. The molecule has 4 nitrogen and oxygen atoms in total. The fourth-order valence-corrected chi connectivity index (χ4v) is 1.46. The molecule has 1 saturated heterocycles. The molecule has 0 aromatic carbocycles. The molecule has 1 heterocycles. The highest BCUT2D eigenvalue weighted by Gasteiger charge is 2.14. The van der Waals surface area contributed by atoms with Gasteiger partial charge in [-0.1, -0.05) is 0 Å². The number of carbonyl (C=O) groups is 1. The van der Waals surface area contributed by atoms with E-state index in [4.69, 9.17) is 0 Å². The number of hydrogen-bond donors (Lipinski definition) is 3. The highest BCUT2D eigenvalue weighted by molar-refractivity contribution is 5.85. The fourth-order valence-electron chi connectivity index (χ4n) is 1.46. The smallest absolute Gasteiger partial charge is 0.315 e. The Labute approximate surface area is 91.6 Å². The molecule has 1 aliphatic rings. The summed E-state index contributed by atoms with van der Waals surface area (Å²) in [6, 6.07) is 0.452. The minimum absolute atomic E-state index is 0. The number of rotatable bonds is 2. The largest absolute Gasteiger partial charge is 0.336 e. The van der Waals surface area contributed by atoms with Crippen LogP contribution in [-0.4, -0.2) is 31.2 Å². The molecule has 1 fully saturated rings. The monoisotopic (exact) mass is 221 g/mol. The minimum Gasteiger partial charge on any atom is -0.336 e. The first kappa shape index (κ1) is 13.5. The van der Waals surface area contributed by atoms with Gasteiger partial charge in [0.25, 0.3) is 0 Å². The van der Waals surface area contributed by atoms with Crippen molar-refractivity contribution in [2.75, 3.05) is 13.1 Å². The first-order valence-electron chi connectivity index (χ1n) is 4.96. The van der Waals surface area contributed by atoms with E-state index in [2.05, 4.69) is 16.0 Å². The van der Waals surface area contributed by atoms with Crippen LogP contribution in [0.25, 0.3) is 0 Å². The van der Waals surface area contributed by atoms with Crippen LogP contribution in [-0.2, 0) is 0 Å². The summed E-state index contributed by atoms with van der Waals surface area (Å²) in [6.45, 7) is 5.88. The average molecular weight is 222 g/mol. The van der Waals surface area contributed by atoms with E-state index in [-0.39, 0.29) is 24.5 Å².